The van der Waals surface area contributed by atoms with Gasteiger partial charge in [-0.3, -0.25) is 4.79 Å². The molecule has 0 saturated carbocycles. The number of hydrogen-bond acceptors (Lipinski definition) is 3. The lowest BCUT2D eigenvalue weighted by atomic mass is 10.0. The molecule has 1 atom stereocenters. The number of aliphatic carboxylic acids is 1. The first-order valence-corrected chi connectivity index (χ1v) is 6.26. The molecule has 0 bridgehead atoms. The third-order valence-electron chi connectivity index (χ3n) is 3.43. The van der Waals surface area contributed by atoms with Gasteiger partial charge in [-0.05, 0) is 42.4 Å². The van der Waals surface area contributed by atoms with Gasteiger partial charge in [-0.1, -0.05) is 12.1 Å². The van der Waals surface area contributed by atoms with Crippen LogP contribution in [-0.4, -0.2) is 24.2 Å². The summed E-state index contributed by atoms with van der Waals surface area (Å²) in [5.74, 6) is 0.156. The number of rotatable bonds is 5. The smallest absolute Gasteiger partial charge is 0.303 e. The predicted octanol–water partition coefficient (Wildman–Crippen LogP) is 1.53. The molecule has 0 aromatic heterocycles. The number of carboxylic acid groups (broad SMARTS) is 1. The number of benzene rings is 1. The van der Waals surface area contributed by atoms with Crippen LogP contribution in [-0.2, 0) is 24.1 Å². The van der Waals surface area contributed by atoms with Crippen LogP contribution in [0.5, 0.6) is 5.75 Å². The summed E-state index contributed by atoms with van der Waals surface area (Å²) in [7, 11) is 1.67. The molecule has 98 valence electrons. The van der Waals surface area contributed by atoms with Crippen molar-refractivity contribution in [1.29, 1.82) is 0 Å². The van der Waals surface area contributed by atoms with Gasteiger partial charge in [0.2, 0.25) is 0 Å². The fourth-order valence-corrected chi connectivity index (χ4v) is 2.63. The number of hydrogen-bond donors (Lipinski definition) is 2. The van der Waals surface area contributed by atoms with Gasteiger partial charge in [0, 0.05) is 12.5 Å². The molecule has 0 heterocycles. The maximum absolute atomic E-state index is 10.5. The van der Waals surface area contributed by atoms with E-state index in [9.17, 15) is 4.79 Å². The van der Waals surface area contributed by atoms with Crippen LogP contribution in [0.3, 0.4) is 0 Å². The Kier molecular flexibility index (Phi) is 3.87. The molecule has 0 fully saturated rings. The molecule has 4 nitrogen and oxygen atoms in total. The fraction of sp³-hybridized carbons (Fsp3) is 0.500. The molecule has 1 aliphatic rings. The molecule has 18 heavy (non-hydrogen) atoms. The van der Waals surface area contributed by atoms with Crippen molar-refractivity contribution in [2.75, 3.05) is 7.11 Å². The maximum Gasteiger partial charge on any atom is 0.303 e. The van der Waals surface area contributed by atoms with Crippen molar-refractivity contribution >= 4 is 5.97 Å². The molecule has 0 spiro atoms. The van der Waals surface area contributed by atoms with E-state index in [2.05, 4.69) is 6.07 Å². The van der Waals surface area contributed by atoms with Crippen molar-refractivity contribution in [3.8, 4) is 5.75 Å². The Hall–Kier alpha value is -1.55. The monoisotopic (exact) mass is 249 g/mol. The van der Waals surface area contributed by atoms with Gasteiger partial charge in [0.15, 0.2) is 0 Å². The number of nitrogens with two attached hydrogens (primary N) is 1. The van der Waals surface area contributed by atoms with E-state index in [0.717, 1.165) is 30.6 Å². The van der Waals surface area contributed by atoms with E-state index in [-0.39, 0.29) is 12.5 Å². The Morgan fingerprint density at radius 2 is 2.28 bits per heavy atom. The van der Waals surface area contributed by atoms with Crippen LogP contribution < -0.4 is 10.5 Å². The summed E-state index contributed by atoms with van der Waals surface area (Å²) >= 11 is 0. The van der Waals surface area contributed by atoms with Crippen molar-refractivity contribution in [3.63, 3.8) is 0 Å². The first-order valence-electron chi connectivity index (χ1n) is 6.26. The average molecular weight is 249 g/mol. The summed E-state index contributed by atoms with van der Waals surface area (Å²) in [5, 5.41) is 8.66. The highest BCUT2D eigenvalue weighted by molar-refractivity contribution is 5.66. The molecule has 4 heteroatoms. The second kappa shape index (κ2) is 5.40. The van der Waals surface area contributed by atoms with Gasteiger partial charge in [-0.25, -0.2) is 0 Å². The fourth-order valence-electron chi connectivity index (χ4n) is 2.63. The SMILES string of the molecule is COc1c(CCCC(=O)O)ccc2c1CC(N)C2. The van der Waals surface area contributed by atoms with Crippen molar-refractivity contribution in [3.05, 3.63) is 28.8 Å². The van der Waals surface area contributed by atoms with Crippen molar-refractivity contribution in [2.24, 2.45) is 5.73 Å². The molecule has 1 unspecified atom stereocenters. The molecule has 3 N–H and O–H groups in total. The van der Waals surface area contributed by atoms with E-state index >= 15 is 0 Å². The van der Waals surface area contributed by atoms with Gasteiger partial charge < -0.3 is 15.6 Å². The van der Waals surface area contributed by atoms with Crippen molar-refractivity contribution < 1.29 is 14.6 Å². The average Bonchev–Trinajstić information content (AvgIpc) is 2.68. The molecule has 0 aliphatic heterocycles. The molecule has 1 aliphatic carbocycles. The van der Waals surface area contributed by atoms with Crippen LogP contribution in [0.15, 0.2) is 12.1 Å². The minimum absolute atomic E-state index is 0.183. The summed E-state index contributed by atoms with van der Waals surface area (Å²) in [6.07, 6.45) is 3.32. The van der Waals surface area contributed by atoms with Crippen LogP contribution >= 0.6 is 0 Å². The number of fused-ring (bicyclic) bond motifs is 1. The highest BCUT2D eigenvalue weighted by Gasteiger charge is 2.23. The summed E-state index contributed by atoms with van der Waals surface area (Å²) in [6, 6.07) is 4.32. The number of carbonyl (C=O) groups is 1. The van der Waals surface area contributed by atoms with Crippen LogP contribution in [0.1, 0.15) is 29.5 Å². The Balaban J connectivity index is 2.16. The van der Waals surface area contributed by atoms with E-state index in [1.54, 1.807) is 7.11 Å². The normalized spacial score (nSPS) is 17.6. The van der Waals surface area contributed by atoms with E-state index in [1.807, 2.05) is 6.07 Å². The molecule has 0 saturated heterocycles. The minimum Gasteiger partial charge on any atom is -0.496 e. The van der Waals surface area contributed by atoms with Crippen LogP contribution in [0.25, 0.3) is 0 Å². The highest BCUT2D eigenvalue weighted by Crippen LogP contribution is 2.34. The maximum atomic E-state index is 10.5. The molecular weight excluding hydrogens is 230 g/mol. The zero-order valence-electron chi connectivity index (χ0n) is 10.6. The largest absolute Gasteiger partial charge is 0.496 e. The predicted molar refractivity (Wildman–Crippen MR) is 69.0 cm³/mol. The zero-order valence-corrected chi connectivity index (χ0v) is 10.6. The Labute approximate surface area is 107 Å². The first-order chi connectivity index (χ1) is 8.61. The van der Waals surface area contributed by atoms with E-state index in [0.29, 0.717) is 6.42 Å². The quantitative estimate of drug-likeness (QED) is 0.830. The first kappa shape index (κ1) is 12.9. The standard InChI is InChI=1S/C14H19NO3/c1-18-14-9(3-2-4-13(16)17)5-6-10-7-11(15)8-12(10)14/h5-6,11H,2-4,7-8,15H2,1H3,(H,16,17). The van der Waals surface area contributed by atoms with E-state index < -0.39 is 5.97 Å². The van der Waals surface area contributed by atoms with Gasteiger partial charge in [0.1, 0.15) is 5.75 Å². The summed E-state index contributed by atoms with van der Waals surface area (Å²) < 4.78 is 5.49. The van der Waals surface area contributed by atoms with E-state index in [4.69, 9.17) is 15.6 Å². The molecular formula is C14H19NO3. The molecule has 1 aromatic rings. The second-order valence-electron chi connectivity index (χ2n) is 4.81. The van der Waals surface area contributed by atoms with Crippen LogP contribution in [0.4, 0.5) is 0 Å². The van der Waals surface area contributed by atoms with Gasteiger partial charge in [-0.15, -0.1) is 0 Å². The summed E-state index contributed by atoms with van der Waals surface area (Å²) in [6.45, 7) is 0. The minimum atomic E-state index is -0.753. The Bertz CT molecular complexity index is 457. The van der Waals surface area contributed by atoms with Crippen molar-refractivity contribution in [1.82, 2.24) is 0 Å². The number of aryl methyl sites for hydroxylation is 1. The molecule has 1 aromatic carbocycles. The van der Waals surface area contributed by atoms with Gasteiger partial charge in [0.05, 0.1) is 7.11 Å². The van der Waals surface area contributed by atoms with Gasteiger partial charge in [0.25, 0.3) is 0 Å². The van der Waals surface area contributed by atoms with Crippen LogP contribution in [0, 0.1) is 0 Å². The van der Waals surface area contributed by atoms with Gasteiger partial charge >= 0.3 is 5.97 Å². The molecule has 2 rings (SSSR count). The lowest BCUT2D eigenvalue weighted by Gasteiger charge is -2.13. The zero-order chi connectivity index (χ0) is 13.1. The Morgan fingerprint density at radius 1 is 1.50 bits per heavy atom. The highest BCUT2D eigenvalue weighted by atomic mass is 16.5. The third kappa shape index (κ3) is 2.64. The summed E-state index contributed by atoms with van der Waals surface area (Å²) in [5.41, 5.74) is 9.53. The Morgan fingerprint density at radius 3 is 2.94 bits per heavy atom. The number of carboxylic acids is 1. The van der Waals surface area contributed by atoms with E-state index in [1.165, 1.54) is 11.1 Å². The van der Waals surface area contributed by atoms with Crippen molar-refractivity contribution in [2.45, 2.75) is 38.1 Å². The number of ether oxygens (including phenoxy) is 1. The lowest BCUT2D eigenvalue weighted by Crippen LogP contribution is -2.19. The second-order valence-corrected chi connectivity index (χ2v) is 4.81. The summed E-state index contributed by atoms with van der Waals surface area (Å²) in [4.78, 5) is 10.5. The topological polar surface area (TPSA) is 72.5 Å². The van der Waals surface area contributed by atoms with Gasteiger partial charge in [-0.2, -0.15) is 0 Å². The lowest BCUT2D eigenvalue weighted by molar-refractivity contribution is -0.137. The third-order valence-corrected chi connectivity index (χ3v) is 3.43. The number of methoxy groups -OCH3 is 1. The van der Waals surface area contributed by atoms with Crippen LogP contribution in [0.2, 0.25) is 0 Å². The molecule has 0 radical (unpaired) electrons. The molecule has 0 amide bonds.